The first kappa shape index (κ1) is 23.2. The molecule has 0 fully saturated rings. The maximum absolute atomic E-state index is 12.0. The van der Waals surface area contributed by atoms with Crippen molar-refractivity contribution in [2.75, 3.05) is 17.2 Å². The van der Waals surface area contributed by atoms with E-state index < -0.39 is 24.4 Å². The molecule has 0 spiro atoms. The van der Waals surface area contributed by atoms with E-state index in [-0.39, 0.29) is 12.8 Å². The van der Waals surface area contributed by atoms with Crippen molar-refractivity contribution in [1.82, 2.24) is 0 Å². The Kier molecular flexibility index (Phi) is 8.49. The SMILES string of the molecule is Cc1cc(NC(=O)COC(=O)CCC(=O)Nc2ccc(Cl)cc2Cl)c(C)cc1Br. The third-order valence-corrected chi connectivity index (χ3v) is 5.31. The summed E-state index contributed by atoms with van der Waals surface area (Å²) in [7, 11) is 0. The summed E-state index contributed by atoms with van der Waals surface area (Å²) >= 11 is 15.2. The molecule has 154 valence electrons. The van der Waals surface area contributed by atoms with Gasteiger partial charge in [0, 0.05) is 21.6 Å². The molecule has 0 atom stereocenters. The van der Waals surface area contributed by atoms with Crippen LogP contribution in [0.2, 0.25) is 10.0 Å². The smallest absolute Gasteiger partial charge is 0.306 e. The van der Waals surface area contributed by atoms with Crippen LogP contribution in [0, 0.1) is 13.8 Å². The van der Waals surface area contributed by atoms with Crippen LogP contribution >= 0.6 is 39.1 Å². The average Bonchev–Trinajstić information content (AvgIpc) is 2.65. The number of carbonyl (C=O) groups is 3. The minimum Gasteiger partial charge on any atom is -0.456 e. The minimum absolute atomic E-state index is 0.107. The molecule has 0 aliphatic heterocycles. The Morgan fingerprint density at radius 1 is 0.931 bits per heavy atom. The second-order valence-electron chi connectivity index (χ2n) is 6.30. The Balaban J connectivity index is 1.75. The van der Waals surface area contributed by atoms with Crippen LogP contribution in [0.4, 0.5) is 11.4 Å². The van der Waals surface area contributed by atoms with Crippen LogP contribution in [0.25, 0.3) is 0 Å². The van der Waals surface area contributed by atoms with Gasteiger partial charge in [-0.05, 0) is 55.3 Å². The number of anilines is 2. The number of aryl methyl sites for hydroxylation is 2. The molecule has 0 unspecified atom stereocenters. The van der Waals surface area contributed by atoms with Crippen LogP contribution in [0.5, 0.6) is 0 Å². The lowest BCUT2D eigenvalue weighted by Crippen LogP contribution is -2.22. The predicted octanol–water partition coefficient (Wildman–Crippen LogP) is 5.27. The summed E-state index contributed by atoms with van der Waals surface area (Å²) in [6, 6.07) is 8.37. The Morgan fingerprint density at radius 2 is 1.62 bits per heavy atom. The van der Waals surface area contributed by atoms with Gasteiger partial charge in [0.15, 0.2) is 6.61 Å². The molecule has 0 bridgehead atoms. The van der Waals surface area contributed by atoms with E-state index in [9.17, 15) is 14.4 Å². The monoisotopic (exact) mass is 500 g/mol. The average molecular weight is 502 g/mol. The number of rotatable bonds is 7. The Morgan fingerprint density at radius 3 is 2.31 bits per heavy atom. The minimum atomic E-state index is -0.652. The van der Waals surface area contributed by atoms with E-state index in [1.807, 2.05) is 26.0 Å². The Labute approximate surface area is 187 Å². The largest absolute Gasteiger partial charge is 0.456 e. The van der Waals surface area contributed by atoms with Crippen LogP contribution < -0.4 is 10.6 Å². The summed E-state index contributed by atoms with van der Waals surface area (Å²) in [5.41, 5.74) is 2.88. The zero-order valence-electron chi connectivity index (χ0n) is 15.8. The van der Waals surface area contributed by atoms with Crippen LogP contribution in [0.1, 0.15) is 24.0 Å². The van der Waals surface area contributed by atoms with Crippen molar-refractivity contribution >= 4 is 68.3 Å². The van der Waals surface area contributed by atoms with Gasteiger partial charge in [-0.15, -0.1) is 0 Å². The number of halogens is 3. The molecule has 0 aliphatic rings. The molecule has 2 amide bonds. The van der Waals surface area contributed by atoms with Gasteiger partial charge < -0.3 is 15.4 Å². The van der Waals surface area contributed by atoms with E-state index >= 15 is 0 Å². The van der Waals surface area contributed by atoms with Gasteiger partial charge in [0.05, 0.1) is 17.1 Å². The number of hydrogen-bond donors (Lipinski definition) is 2. The number of nitrogens with one attached hydrogen (secondary N) is 2. The van der Waals surface area contributed by atoms with Gasteiger partial charge >= 0.3 is 5.97 Å². The number of hydrogen-bond acceptors (Lipinski definition) is 4. The maximum atomic E-state index is 12.0. The van der Waals surface area contributed by atoms with Gasteiger partial charge in [-0.3, -0.25) is 14.4 Å². The number of esters is 1. The summed E-state index contributed by atoms with van der Waals surface area (Å²) in [5, 5.41) is 6.03. The molecule has 2 aromatic rings. The van der Waals surface area contributed by atoms with E-state index in [0.29, 0.717) is 21.4 Å². The molecule has 6 nitrogen and oxygen atoms in total. The first-order chi connectivity index (χ1) is 13.7. The Bertz CT molecular complexity index is 950. The molecule has 0 saturated carbocycles. The Hall–Kier alpha value is -2.09. The van der Waals surface area contributed by atoms with Crippen molar-refractivity contribution in [3.8, 4) is 0 Å². The summed E-state index contributed by atoms with van der Waals surface area (Å²) < 4.78 is 5.87. The summed E-state index contributed by atoms with van der Waals surface area (Å²) in [4.78, 5) is 35.7. The molecule has 0 saturated heterocycles. The summed E-state index contributed by atoms with van der Waals surface area (Å²) in [6.07, 6.45) is -0.273. The predicted molar refractivity (Wildman–Crippen MR) is 118 cm³/mol. The third-order valence-electron chi connectivity index (χ3n) is 3.91. The first-order valence-electron chi connectivity index (χ1n) is 8.63. The molecule has 0 heterocycles. The fourth-order valence-electron chi connectivity index (χ4n) is 2.34. The number of amides is 2. The van der Waals surface area contributed by atoms with Crippen molar-refractivity contribution < 1.29 is 19.1 Å². The van der Waals surface area contributed by atoms with Gasteiger partial charge in [-0.2, -0.15) is 0 Å². The van der Waals surface area contributed by atoms with Crippen molar-refractivity contribution in [1.29, 1.82) is 0 Å². The number of benzene rings is 2. The van der Waals surface area contributed by atoms with Crippen LogP contribution in [-0.4, -0.2) is 24.4 Å². The molecule has 2 aromatic carbocycles. The van der Waals surface area contributed by atoms with Gasteiger partial charge in [0.25, 0.3) is 5.91 Å². The normalized spacial score (nSPS) is 10.4. The highest BCUT2D eigenvalue weighted by Gasteiger charge is 2.13. The van der Waals surface area contributed by atoms with Gasteiger partial charge in [-0.25, -0.2) is 0 Å². The lowest BCUT2D eigenvalue weighted by atomic mass is 10.1. The lowest BCUT2D eigenvalue weighted by Gasteiger charge is -2.11. The van der Waals surface area contributed by atoms with E-state index in [4.69, 9.17) is 27.9 Å². The van der Waals surface area contributed by atoms with Crippen molar-refractivity contribution in [3.63, 3.8) is 0 Å². The van der Waals surface area contributed by atoms with Crippen molar-refractivity contribution in [2.45, 2.75) is 26.7 Å². The molecule has 29 heavy (non-hydrogen) atoms. The van der Waals surface area contributed by atoms with Crippen LogP contribution in [-0.2, 0) is 19.1 Å². The molecule has 0 radical (unpaired) electrons. The highest BCUT2D eigenvalue weighted by molar-refractivity contribution is 9.10. The number of ether oxygens (including phenoxy) is 1. The fourth-order valence-corrected chi connectivity index (χ4v) is 3.25. The molecule has 0 aliphatic carbocycles. The molecular weight excluding hydrogens is 483 g/mol. The van der Waals surface area contributed by atoms with Gasteiger partial charge in [0.1, 0.15) is 0 Å². The molecule has 0 aromatic heterocycles. The molecule has 9 heteroatoms. The van der Waals surface area contributed by atoms with E-state index in [1.54, 1.807) is 12.1 Å². The maximum Gasteiger partial charge on any atom is 0.306 e. The fraction of sp³-hybridized carbons (Fsp3) is 0.250. The van der Waals surface area contributed by atoms with E-state index in [1.165, 1.54) is 6.07 Å². The summed E-state index contributed by atoms with van der Waals surface area (Å²) in [5.74, 6) is -1.52. The van der Waals surface area contributed by atoms with Gasteiger partial charge in [0.2, 0.25) is 5.91 Å². The molecule has 2 rings (SSSR count). The van der Waals surface area contributed by atoms with Crippen molar-refractivity contribution in [2.24, 2.45) is 0 Å². The van der Waals surface area contributed by atoms with Crippen LogP contribution in [0.3, 0.4) is 0 Å². The highest BCUT2D eigenvalue weighted by atomic mass is 79.9. The van der Waals surface area contributed by atoms with Crippen LogP contribution in [0.15, 0.2) is 34.8 Å². The number of carbonyl (C=O) groups excluding carboxylic acids is 3. The zero-order chi connectivity index (χ0) is 21.6. The van der Waals surface area contributed by atoms with Crippen molar-refractivity contribution in [3.05, 3.63) is 56.0 Å². The second kappa shape index (κ2) is 10.6. The highest BCUT2D eigenvalue weighted by Crippen LogP contribution is 2.26. The third kappa shape index (κ3) is 7.34. The zero-order valence-corrected chi connectivity index (χ0v) is 18.9. The summed E-state index contributed by atoms with van der Waals surface area (Å²) in [6.45, 7) is 3.33. The standard InChI is InChI=1S/C20H19BrCl2N2O4/c1-11-8-17(12(2)7-14(11)21)25-19(27)10-29-20(28)6-5-18(26)24-16-4-3-13(22)9-15(16)23/h3-4,7-9H,5-6,10H2,1-2H3,(H,24,26)(H,25,27). The molecule has 2 N–H and O–H groups in total. The second-order valence-corrected chi connectivity index (χ2v) is 8.00. The lowest BCUT2D eigenvalue weighted by molar-refractivity contribution is -0.147. The van der Waals surface area contributed by atoms with E-state index in [0.717, 1.165) is 15.6 Å². The van der Waals surface area contributed by atoms with Gasteiger partial charge in [-0.1, -0.05) is 39.1 Å². The quantitative estimate of drug-likeness (QED) is 0.506. The molecular formula is C20H19BrCl2N2O4. The topological polar surface area (TPSA) is 84.5 Å². The van der Waals surface area contributed by atoms with E-state index in [2.05, 4.69) is 26.6 Å². The first-order valence-corrected chi connectivity index (χ1v) is 10.2.